The standard InChI is InChI=1S/C6H9NO2S/c1-3-6-4-7(2)10(8,9)5-6/h1,6H,4-5H2,2H3. The molecule has 1 saturated heterocycles. The molecule has 0 spiro atoms. The molecule has 56 valence electrons. The smallest absolute Gasteiger partial charge is 0.212 e. The van der Waals surface area contributed by atoms with Crippen molar-refractivity contribution in [1.82, 2.24) is 4.31 Å². The zero-order valence-electron chi connectivity index (χ0n) is 5.74. The van der Waals surface area contributed by atoms with E-state index in [0.717, 1.165) is 0 Å². The molecule has 1 unspecified atom stereocenters. The van der Waals surface area contributed by atoms with Crippen molar-refractivity contribution in [1.29, 1.82) is 0 Å². The van der Waals surface area contributed by atoms with Crippen molar-refractivity contribution in [2.75, 3.05) is 19.3 Å². The Balaban J connectivity index is 2.84. The van der Waals surface area contributed by atoms with E-state index < -0.39 is 10.0 Å². The largest absolute Gasteiger partial charge is 0.215 e. The first-order chi connectivity index (χ1) is 4.56. The molecular formula is C6H9NO2S. The molecule has 0 amide bonds. The van der Waals surface area contributed by atoms with E-state index in [1.54, 1.807) is 7.05 Å². The van der Waals surface area contributed by atoms with Crippen LogP contribution in [0.3, 0.4) is 0 Å². The summed E-state index contributed by atoms with van der Waals surface area (Å²) in [5, 5.41) is 0. The Kier molecular flexibility index (Phi) is 1.71. The highest BCUT2D eigenvalue weighted by atomic mass is 32.2. The first-order valence-electron chi connectivity index (χ1n) is 2.96. The number of rotatable bonds is 0. The molecule has 10 heavy (non-hydrogen) atoms. The van der Waals surface area contributed by atoms with Gasteiger partial charge in [-0.05, 0) is 0 Å². The van der Waals surface area contributed by atoms with Crippen LogP contribution in [0.25, 0.3) is 0 Å². The Morgan fingerprint density at radius 2 is 2.30 bits per heavy atom. The minimum atomic E-state index is -3.00. The molecule has 1 atom stereocenters. The molecule has 0 saturated carbocycles. The van der Waals surface area contributed by atoms with Gasteiger partial charge >= 0.3 is 0 Å². The van der Waals surface area contributed by atoms with Gasteiger partial charge in [0.1, 0.15) is 0 Å². The van der Waals surface area contributed by atoms with E-state index >= 15 is 0 Å². The topological polar surface area (TPSA) is 37.4 Å². The van der Waals surface area contributed by atoms with Crippen LogP contribution in [0.1, 0.15) is 0 Å². The van der Waals surface area contributed by atoms with Crippen LogP contribution in [0.2, 0.25) is 0 Å². The predicted molar refractivity (Wildman–Crippen MR) is 38.7 cm³/mol. The molecule has 1 heterocycles. The number of nitrogens with zero attached hydrogens (tertiary/aromatic N) is 1. The van der Waals surface area contributed by atoms with Crippen molar-refractivity contribution in [2.45, 2.75) is 0 Å². The molecule has 0 aromatic rings. The third-order valence-corrected chi connectivity index (χ3v) is 3.52. The second-order valence-electron chi connectivity index (χ2n) is 2.42. The Hall–Kier alpha value is -0.530. The normalized spacial score (nSPS) is 31.8. The summed E-state index contributed by atoms with van der Waals surface area (Å²) in [5.41, 5.74) is 0. The average molecular weight is 159 g/mol. The molecule has 4 heteroatoms. The third kappa shape index (κ3) is 1.15. The SMILES string of the molecule is C#CC1CN(C)S(=O)(=O)C1. The Bertz CT molecular complexity index is 262. The highest BCUT2D eigenvalue weighted by Crippen LogP contribution is 2.15. The van der Waals surface area contributed by atoms with Crippen molar-refractivity contribution >= 4 is 10.0 Å². The highest BCUT2D eigenvalue weighted by molar-refractivity contribution is 7.89. The summed E-state index contributed by atoms with van der Waals surface area (Å²) in [7, 11) is -1.45. The third-order valence-electron chi connectivity index (χ3n) is 1.60. The van der Waals surface area contributed by atoms with Crippen LogP contribution in [0, 0.1) is 18.3 Å². The predicted octanol–water partition coefficient (Wildman–Crippen LogP) is -0.489. The van der Waals surface area contributed by atoms with Crippen LogP contribution in [-0.2, 0) is 10.0 Å². The summed E-state index contributed by atoms with van der Waals surface area (Å²) in [6.07, 6.45) is 5.08. The van der Waals surface area contributed by atoms with E-state index in [9.17, 15) is 8.42 Å². The van der Waals surface area contributed by atoms with Gasteiger partial charge < -0.3 is 0 Å². The van der Waals surface area contributed by atoms with Gasteiger partial charge in [-0.25, -0.2) is 12.7 Å². The lowest BCUT2D eigenvalue weighted by Crippen LogP contribution is -2.20. The monoisotopic (exact) mass is 159 g/mol. The number of hydrogen-bond acceptors (Lipinski definition) is 2. The van der Waals surface area contributed by atoms with Crippen molar-refractivity contribution in [3.63, 3.8) is 0 Å². The first kappa shape index (κ1) is 7.58. The Labute approximate surface area is 61.1 Å². The van der Waals surface area contributed by atoms with Crippen molar-refractivity contribution in [3.05, 3.63) is 0 Å². The maximum atomic E-state index is 11.0. The first-order valence-corrected chi connectivity index (χ1v) is 4.57. The summed E-state index contributed by atoms with van der Waals surface area (Å²) in [5.74, 6) is 2.42. The van der Waals surface area contributed by atoms with Gasteiger partial charge in [0.2, 0.25) is 10.0 Å². The van der Waals surface area contributed by atoms with E-state index in [0.29, 0.717) is 6.54 Å². The molecule has 0 N–H and O–H groups in total. The molecule has 0 bridgehead atoms. The van der Waals surface area contributed by atoms with Gasteiger partial charge in [0.15, 0.2) is 0 Å². The minimum absolute atomic E-state index is 0.111. The zero-order valence-corrected chi connectivity index (χ0v) is 6.56. The second-order valence-corrected chi connectivity index (χ2v) is 4.54. The molecule has 0 aromatic carbocycles. The van der Waals surface area contributed by atoms with Gasteiger partial charge in [-0.15, -0.1) is 12.3 Å². The van der Waals surface area contributed by atoms with Crippen LogP contribution in [0.4, 0.5) is 0 Å². The van der Waals surface area contributed by atoms with Gasteiger partial charge in [-0.3, -0.25) is 0 Å². The van der Waals surface area contributed by atoms with E-state index in [2.05, 4.69) is 5.92 Å². The second kappa shape index (κ2) is 2.26. The van der Waals surface area contributed by atoms with Crippen molar-refractivity contribution in [2.24, 2.45) is 5.92 Å². The van der Waals surface area contributed by atoms with Crippen LogP contribution < -0.4 is 0 Å². The Morgan fingerprint density at radius 3 is 2.50 bits per heavy atom. The summed E-state index contributed by atoms with van der Waals surface area (Å²) >= 11 is 0. The summed E-state index contributed by atoms with van der Waals surface area (Å²) in [6, 6.07) is 0. The molecular weight excluding hydrogens is 150 g/mol. The quantitative estimate of drug-likeness (QED) is 0.447. The minimum Gasteiger partial charge on any atom is -0.212 e. The molecule has 0 aliphatic carbocycles. The van der Waals surface area contributed by atoms with E-state index in [-0.39, 0.29) is 11.7 Å². The lowest BCUT2D eigenvalue weighted by atomic mass is 10.2. The molecule has 0 aromatic heterocycles. The lowest BCUT2D eigenvalue weighted by molar-refractivity contribution is 0.492. The van der Waals surface area contributed by atoms with Crippen LogP contribution in [0.5, 0.6) is 0 Å². The van der Waals surface area contributed by atoms with Crippen LogP contribution in [0.15, 0.2) is 0 Å². The van der Waals surface area contributed by atoms with Gasteiger partial charge in [-0.1, -0.05) is 0 Å². The van der Waals surface area contributed by atoms with Crippen molar-refractivity contribution in [3.8, 4) is 12.3 Å². The number of hydrogen-bond donors (Lipinski definition) is 0. The summed E-state index contributed by atoms with van der Waals surface area (Å²) in [4.78, 5) is 0. The van der Waals surface area contributed by atoms with Crippen LogP contribution >= 0.6 is 0 Å². The molecule has 1 aliphatic heterocycles. The van der Waals surface area contributed by atoms with Gasteiger partial charge in [-0.2, -0.15) is 0 Å². The van der Waals surface area contributed by atoms with E-state index in [4.69, 9.17) is 6.42 Å². The van der Waals surface area contributed by atoms with Crippen molar-refractivity contribution < 1.29 is 8.42 Å². The zero-order chi connectivity index (χ0) is 7.78. The maximum absolute atomic E-state index is 11.0. The lowest BCUT2D eigenvalue weighted by Gasteiger charge is -2.03. The molecule has 3 nitrogen and oxygen atoms in total. The Morgan fingerprint density at radius 1 is 1.70 bits per heavy atom. The summed E-state index contributed by atoms with van der Waals surface area (Å²) < 4.78 is 23.2. The molecule has 1 fully saturated rings. The fraction of sp³-hybridized carbons (Fsp3) is 0.667. The highest BCUT2D eigenvalue weighted by Gasteiger charge is 2.31. The molecule has 0 radical (unpaired) electrons. The molecule has 1 aliphatic rings. The van der Waals surface area contributed by atoms with Gasteiger partial charge in [0.05, 0.1) is 5.75 Å². The average Bonchev–Trinajstić information content (AvgIpc) is 2.08. The van der Waals surface area contributed by atoms with Gasteiger partial charge in [0.25, 0.3) is 0 Å². The van der Waals surface area contributed by atoms with E-state index in [1.165, 1.54) is 4.31 Å². The molecule has 1 rings (SSSR count). The van der Waals surface area contributed by atoms with Crippen LogP contribution in [-0.4, -0.2) is 32.1 Å². The number of sulfonamides is 1. The fourth-order valence-corrected chi connectivity index (χ4v) is 2.33. The fourth-order valence-electron chi connectivity index (χ4n) is 0.959. The maximum Gasteiger partial charge on any atom is 0.215 e. The summed E-state index contributed by atoms with van der Waals surface area (Å²) in [6.45, 7) is 0.471. The van der Waals surface area contributed by atoms with E-state index in [1.807, 2.05) is 0 Å². The number of terminal acetylenes is 1. The van der Waals surface area contributed by atoms with Gasteiger partial charge in [0, 0.05) is 19.5 Å².